The van der Waals surface area contributed by atoms with Crippen molar-refractivity contribution in [1.29, 1.82) is 0 Å². The minimum Gasteiger partial charge on any atom is -0.396 e. The van der Waals surface area contributed by atoms with E-state index in [-0.39, 0.29) is 0 Å². The van der Waals surface area contributed by atoms with Crippen LogP contribution in [-0.2, 0) is 0 Å². The predicted molar refractivity (Wildman–Crippen MR) is 45.1 cm³/mol. The van der Waals surface area contributed by atoms with Crippen LogP contribution in [0, 0.1) is 17.8 Å². The summed E-state index contributed by atoms with van der Waals surface area (Å²) in [6.45, 7) is 0.386. The van der Waals surface area contributed by atoms with E-state index in [1.54, 1.807) is 0 Å². The first-order valence-corrected chi connectivity index (χ1v) is 4.36. The zero-order valence-electron chi connectivity index (χ0n) is 6.61. The zero-order valence-corrected chi connectivity index (χ0v) is 6.61. The van der Waals surface area contributed by atoms with Crippen LogP contribution in [-0.4, -0.2) is 11.7 Å². The second-order valence-corrected chi connectivity index (χ2v) is 3.50. The van der Waals surface area contributed by atoms with Gasteiger partial charge >= 0.3 is 0 Å². The van der Waals surface area contributed by atoms with Crippen molar-refractivity contribution < 1.29 is 5.11 Å². The summed E-state index contributed by atoms with van der Waals surface area (Å²) < 4.78 is 0. The molecule has 3 atom stereocenters. The number of aliphatic hydroxyl groups is 1. The molecule has 1 heteroatoms. The molecule has 1 saturated carbocycles. The Labute approximate surface area is 67.4 Å². The first-order chi connectivity index (χ1) is 5.43. The van der Waals surface area contributed by atoms with Gasteiger partial charge in [0.2, 0.25) is 0 Å². The van der Waals surface area contributed by atoms with Crippen LogP contribution >= 0.6 is 0 Å². The van der Waals surface area contributed by atoms with Crippen molar-refractivity contribution in [1.82, 2.24) is 0 Å². The zero-order chi connectivity index (χ0) is 7.68. The first kappa shape index (κ1) is 7.11. The van der Waals surface area contributed by atoms with Crippen molar-refractivity contribution in [2.75, 3.05) is 6.61 Å². The maximum absolute atomic E-state index is 8.97. The largest absolute Gasteiger partial charge is 0.396 e. The third-order valence-corrected chi connectivity index (χ3v) is 2.92. The second-order valence-electron chi connectivity index (χ2n) is 3.50. The second kappa shape index (κ2) is 2.82. The molecule has 0 heterocycles. The Morgan fingerprint density at radius 2 is 1.64 bits per heavy atom. The number of rotatable bonds is 1. The smallest absolute Gasteiger partial charge is 0.0465 e. The van der Waals surface area contributed by atoms with Gasteiger partial charge in [-0.15, -0.1) is 0 Å². The molecule has 0 aromatic carbocycles. The van der Waals surface area contributed by atoms with Gasteiger partial charge < -0.3 is 5.11 Å². The van der Waals surface area contributed by atoms with Gasteiger partial charge in [-0.25, -0.2) is 0 Å². The molecule has 1 nitrogen and oxygen atoms in total. The van der Waals surface area contributed by atoms with E-state index in [1.807, 2.05) is 0 Å². The van der Waals surface area contributed by atoms with Gasteiger partial charge in [-0.3, -0.25) is 0 Å². The van der Waals surface area contributed by atoms with E-state index in [0.717, 1.165) is 11.8 Å². The minimum absolute atomic E-state index is 0.386. The highest BCUT2D eigenvalue weighted by Crippen LogP contribution is 2.51. The molecule has 60 valence electrons. The lowest BCUT2D eigenvalue weighted by atomic mass is 10.1. The number of hydrogen-bond acceptors (Lipinski definition) is 1. The van der Waals surface area contributed by atoms with Gasteiger partial charge in [0.15, 0.2) is 0 Å². The average molecular weight is 150 g/mol. The van der Waals surface area contributed by atoms with Crippen LogP contribution in [0.4, 0.5) is 0 Å². The van der Waals surface area contributed by atoms with Gasteiger partial charge in [-0.1, -0.05) is 24.3 Å². The van der Waals surface area contributed by atoms with Crippen LogP contribution < -0.4 is 0 Å². The number of aliphatic hydroxyl groups excluding tert-OH is 1. The third kappa shape index (κ3) is 1.25. The molecule has 0 radical (unpaired) electrons. The van der Waals surface area contributed by atoms with E-state index in [4.69, 9.17) is 5.11 Å². The van der Waals surface area contributed by atoms with E-state index in [2.05, 4.69) is 24.3 Å². The van der Waals surface area contributed by atoms with Gasteiger partial charge in [-0.05, 0) is 30.6 Å². The molecule has 0 aromatic rings. The lowest BCUT2D eigenvalue weighted by molar-refractivity contribution is 0.263. The fraction of sp³-hybridized carbons (Fsp3) is 0.600. The fourth-order valence-corrected chi connectivity index (χ4v) is 2.12. The van der Waals surface area contributed by atoms with E-state index < -0.39 is 0 Å². The third-order valence-electron chi connectivity index (χ3n) is 2.92. The van der Waals surface area contributed by atoms with Gasteiger partial charge in [0.1, 0.15) is 0 Å². The van der Waals surface area contributed by atoms with Crippen molar-refractivity contribution in [2.24, 2.45) is 17.8 Å². The molecule has 0 aromatic heterocycles. The van der Waals surface area contributed by atoms with Crippen molar-refractivity contribution >= 4 is 0 Å². The van der Waals surface area contributed by atoms with Gasteiger partial charge in [0, 0.05) is 6.61 Å². The molecule has 2 rings (SSSR count). The van der Waals surface area contributed by atoms with Gasteiger partial charge in [0.25, 0.3) is 0 Å². The normalized spacial score (nSPS) is 41.0. The Balaban J connectivity index is 2.00. The van der Waals surface area contributed by atoms with Crippen LogP contribution in [0.2, 0.25) is 0 Å². The van der Waals surface area contributed by atoms with E-state index >= 15 is 0 Å². The first-order valence-electron chi connectivity index (χ1n) is 4.36. The van der Waals surface area contributed by atoms with E-state index in [9.17, 15) is 0 Å². The Bertz CT molecular complexity index is 173. The minimum atomic E-state index is 0.386. The Morgan fingerprint density at radius 3 is 2.09 bits per heavy atom. The summed E-state index contributed by atoms with van der Waals surface area (Å²) in [5.74, 6) is 2.16. The van der Waals surface area contributed by atoms with Crippen LogP contribution in [0.5, 0.6) is 0 Å². The summed E-state index contributed by atoms with van der Waals surface area (Å²) in [6, 6.07) is 0. The lowest BCUT2D eigenvalue weighted by Gasteiger charge is -1.93. The molecule has 2 aliphatic carbocycles. The van der Waals surface area contributed by atoms with Crippen molar-refractivity contribution in [3.05, 3.63) is 24.3 Å². The molecule has 11 heavy (non-hydrogen) atoms. The standard InChI is InChI=1S/C10H14O/c11-7-10-8-5-3-1-2-4-6-9(8)10/h1-4,8-11H,5-7H2/t8-,9+,10?. The molecule has 0 amide bonds. The summed E-state index contributed by atoms with van der Waals surface area (Å²) >= 11 is 0. The Hall–Kier alpha value is -0.560. The number of fused-ring (bicyclic) bond motifs is 1. The molecule has 1 fully saturated rings. The quantitative estimate of drug-likeness (QED) is 0.603. The average Bonchev–Trinajstić information content (AvgIpc) is 2.60. The Morgan fingerprint density at radius 1 is 1.09 bits per heavy atom. The summed E-state index contributed by atoms with van der Waals surface area (Å²) in [5, 5.41) is 8.97. The maximum Gasteiger partial charge on any atom is 0.0465 e. The molecule has 2 aliphatic rings. The molecule has 0 bridgehead atoms. The van der Waals surface area contributed by atoms with Crippen LogP contribution in [0.15, 0.2) is 24.3 Å². The van der Waals surface area contributed by atoms with Crippen molar-refractivity contribution in [2.45, 2.75) is 12.8 Å². The fourth-order valence-electron chi connectivity index (χ4n) is 2.12. The van der Waals surface area contributed by atoms with E-state index in [1.165, 1.54) is 12.8 Å². The molecular weight excluding hydrogens is 136 g/mol. The topological polar surface area (TPSA) is 20.2 Å². The van der Waals surface area contributed by atoms with Crippen molar-refractivity contribution in [3.63, 3.8) is 0 Å². The Kier molecular flexibility index (Phi) is 1.82. The summed E-state index contributed by atoms with van der Waals surface area (Å²) in [4.78, 5) is 0. The monoisotopic (exact) mass is 150 g/mol. The van der Waals surface area contributed by atoms with Crippen molar-refractivity contribution in [3.8, 4) is 0 Å². The molecule has 1 N–H and O–H groups in total. The van der Waals surface area contributed by atoms with E-state index in [0.29, 0.717) is 12.5 Å². The van der Waals surface area contributed by atoms with Crippen LogP contribution in [0.3, 0.4) is 0 Å². The van der Waals surface area contributed by atoms with Crippen LogP contribution in [0.25, 0.3) is 0 Å². The highest BCUT2D eigenvalue weighted by molar-refractivity contribution is 5.12. The lowest BCUT2D eigenvalue weighted by Crippen LogP contribution is -1.87. The number of allylic oxidation sites excluding steroid dienone is 4. The highest BCUT2D eigenvalue weighted by Gasteiger charge is 2.47. The molecular formula is C10H14O. The van der Waals surface area contributed by atoms with Gasteiger partial charge in [-0.2, -0.15) is 0 Å². The van der Waals surface area contributed by atoms with Crippen LogP contribution in [0.1, 0.15) is 12.8 Å². The highest BCUT2D eigenvalue weighted by atomic mass is 16.3. The predicted octanol–water partition coefficient (Wildman–Crippen LogP) is 1.75. The SMILES string of the molecule is OCC1[C@H]2CC=CC=CC[C@@H]12. The molecule has 0 spiro atoms. The summed E-state index contributed by atoms with van der Waals surface area (Å²) in [6.07, 6.45) is 11.0. The maximum atomic E-state index is 8.97. The number of hydrogen-bond donors (Lipinski definition) is 1. The molecule has 0 saturated heterocycles. The summed E-state index contributed by atoms with van der Waals surface area (Å²) in [5.41, 5.74) is 0. The molecule has 0 aliphatic heterocycles. The molecule has 1 unspecified atom stereocenters. The summed E-state index contributed by atoms with van der Waals surface area (Å²) in [7, 11) is 0. The van der Waals surface area contributed by atoms with Gasteiger partial charge in [0.05, 0.1) is 0 Å².